The summed E-state index contributed by atoms with van der Waals surface area (Å²) in [5.74, 6) is 0.370. The Balaban J connectivity index is 1.68. The summed E-state index contributed by atoms with van der Waals surface area (Å²) in [6, 6.07) is 13.4. The van der Waals surface area contributed by atoms with Crippen LogP contribution in [0.1, 0.15) is 5.69 Å². The molecule has 0 saturated heterocycles. The number of non-ortho nitro benzene ring substituents is 1. The molecule has 0 radical (unpaired) electrons. The molecule has 0 saturated carbocycles. The summed E-state index contributed by atoms with van der Waals surface area (Å²) in [5.41, 5.74) is 0.292. The normalized spacial score (nSPS) is 10.9. The van der Waals surface area contributed by atoms with Crippen LogP contribution >= 0.6 is 0 Å². The number of benzene rings is 2. The summed E-state index contributed by atoms with van der Waals surface area (Å²) in [6.45, 7) is -0.0421. The summed E-state index contributed by atoms with van der Waals surface area (Å²) in [6.07, 6.45) is 0. The van der Waals surface area contributed by atoms with Gasteiger partial charge in [0.1, 0.15) is 17.9 Å². The van der Waals surface area contributed by atoms with Gasteiger partial charge in [-0.3, -0.25) is 24.0 Å². The molecule has 10 heteroatoms. The lowest BCUT2D eigenvalue weighted by molar-refractivity contribution is -0.384. The van der Waals surface area contributed by atoms with Crippen LogP contribution in [-0.4, -0.2) is 14.1 Å². The van der Waals surface area contributed by atoms with Gasteiger partial charge in [0, 0.05) is 49.8 Å². The Morgan fingerprint density at radius 3 is 2.38 bits per heavy atom. The Kier molecular flexibility index (Phi) is 5.19. The van der Waals surface area contributed by atoms with E-state index >= 15 is 0 Å². The number of nitro benzene ring substituents is 1. The lowest BCUT2D eigenvalue weighted by atomic mass is 10.0. The number of aromatic nitrogens is 2. The van der Waals surface area contributed by atoms with Crippen molar-refractivity contribution in [2.24, 2.45) is 14.1 Å². The summed E-state index contributed by atoms with van der Waals surface area (Å²) >= 11 is 0. The van der Waals surface area contributed by atoms with Crippen molar-refractivity contribution in [3.05, 3.63) is 102 Å². The fourth-order valence-corrected chi connectivity index (χ4v) is 3.31. The fourth-order valence-electron chi connectivity index (χ4n) is 3.31. The van der Waals surface area contributed by atoms with Crippen LogP contribution in [0.5, 0.6) is 5.75 Å². The Labute approximate surface area is 179 Å². The Morgan fingerprint density at radius 1 is 0.969 bits per heavy atom. The standard InChI is InChI=1S/C22H17N3O7/c1-23-15(9-20(26)24(2)22(23)28)12-31-16-7-8-17-18(11-21(27)32-19(17)10-16)13-3-5-14(6-4-13)25(29)30/h3-11H,12H2,1-2H3. The third kappa shape index (κ3) is 3.81. The molecule has 0 aliphatic rings. The minimum Gasteiger partial charge on any atom is -0.487 e. The zero-order valence-corrected chi connectivity index (χ0v) is 17.1. The van der Waals surface area contributed by atoms with Crippen molar-refractivity contribution in [1.29, 1.82) is 0 Å². The molecule has 32 heavy (non-hydrogen) atoms. The largest absolute Gasteiger partial charge is 0.487 e. The zero-order valence-electron chi connectivity index (χ0n) is 17.1. The predicted molar refractivity (Wildman–Crippen MR) is 116 cm³/mol. The topological polar surface area (TPSA) is 127 Å². The molecule has 0 aliphatic carbocycles. The molecule has 2 heterocycles. The number of ether oxygens (including phenoxy) is 1. The van der Waals surface area contributed by atoms with Gasteiger partial charge in [0.15, 0.2) is 0 Å². The maximum absolute atomic E-state index is 12.1. The minimum absolute atomic E-state index is 0.0421. The van der Waals surface area contributed by atoms with Gasteiger partial charge in [0.2, 0.25) is 0 Å². The van der Waals surface area contributed by atoms with Crippen molar-refractivity contribution in [2.75, 3.05) is 0 Å². The van der Waals surface area contributed by atoms with Crippen molar-refractivity contribution in [3.8, 4) is 16.9 Å². The van der Waals surface area contributed by atoms with E-state index in [1.807, 2.05) is 0 Å². The molecule has 0 bridgehead atoms. The van der Waals surface area contributed by atoms with Gasteiger partial charge < -0.3 is 9.15 Å². The van der Waals surface area contributed by atoms with E-state index < -0.39 is 21.8 Å². The number of fused-ring (bicyclic) bond motifs is 1. The second-order valence-electron chi connectivity index (χ2n) is 7.10. The summed E-state index contributed by atoms with van der Waals surface area (Å²) in [4.78, 5) is 46.4. The molecule has 0 spiro atoms. The maximum Gasteiger partial charge on any atom is 0.336 e. The van der Waals surface area contributed by atoms with E-state index in [-0.39, 0.29) is 17.9 Å². The van der Waals surface area contributed by atoms with E-state index in [2.05, 4.69) is 0 Å². The van der Waals surface area contributed by atoms with E-state index in [1.165, 1.54) is 49.0 Å². The highest BCUT2D eigenvalue weighted by molar-refractivity contribution is 5.93. The van der Waals surface area contributed by atoms with E-state index in [4.69, 9.17) is 9.15 Å². The van der Waals surface area contributed by atoms with Crippen molar-refractivity contribution in [3.63, 3.8) is 0 Å². The Morgan fingerprint density at radius 2 is 1.69 bits per heavy atom. The quantitative estimate of drug-likeness (QED) is 0.267. The molecule has 0 fully saturated rings. The van der Waals surface area contributed by atoms with Crippen LogP contribution in [0.3, 0.4) is 0 Å². The lowest BCUT2D eigenvalue weighted by Crippen LogP contribution is -2.38. The molecular formula is C22H17N3O7. The molecule has 0 N–H and O–H groups in total. The number of hydrogen-bond acceptors (Lipinski definition) is 7. The van der Waals surface area contributed by atoms with Crippen LogP contribution in [0.2, 0.25) is 0 Å². The SMILES string of the molecule is Cn1c(COc2ccc3c(-c4ccc([N+](=O)[O-])cc4)cc(=O)oc3c2)cc(=O)n(C)c1=O. The Hall–Kier alpha value is -4.47. The second kappa shape index (κ2) is 7.99. The third-order valence-electron chi connectivity index (χ3n) is 5.12. The molecule has 0 atom stereocenters. The summed E-state index contributed by atoms with van der Waals surface area (Å²) < 4.78 is 13.3. The van der Waals surface area contributed by atoms with E-state index in [9.17, 15) is 24.5 Å². The number of rotatable bonds is 5. The fraction of sp³-hybridized carbons (Fsp3) is 0.136. The molecule has 0 amide bonds. The van der Waals surface area contributed by atoms with Crippen molar-refractivity contribution in [2.45, 2.75) is 6.61 Å². The van der Waals surface area contributed by atoms with Crippen LogP contribution < -0.4 is 21.6 Å². The first-order valence-corrected chi connectivity index (χ1v) is 9.46. The monoisotopic (exact) mass is 435 g/mol. The molecule has 4 rings (SSSR count). The van der Waals surface area contributed by atoms with Gasteiger partial charge in [-0.25, -0.2) is 9.59 Å². The van der Waals surface area contributed by atoms with Gasteiger partial charge in [0.05, 0.1) is 10.6 Å². The van der Waals surface area contributed by atoms with Crippen molar-refractivity contribution < 1.29 is 14.1 Å². The molecule has 2 aromatic heterocycles. The zero-order chi connectivity index (χ0) is 23.0. The summed E-state index contributed by atoms with van der Waals surface area (Å²) in [5, 5.41) is 11.5. The Bertz CT molecular complexity index is 1530. The average Bonchev–Trinajstić information content (AvgIpc) is 2.78. The van der Waals surface area contributed by atoms with E-state index in [1.54, 1.807) is 24.3 Å². The van der Waals surface area contributed by atoms with Crippen molar-refractivity contribution in [1.82, 2.24) is 9.13 Å². The average molecular weight is 435 g/mol. The molecule has 0 unspecified atom stereocenters. The minimum atomic E-state index is -0.586. The van der Waals surface area contributed by atoms with Gasteiger partial charge in [-0.05, 0) is 35.4 Å². The van der Waals surface area contributed by atoms with Gasteiger partial charge in [-0.2, -0.15) is 0 Å². The van der Waals surface area contributed by atoms with Gasteiger partial charge in [-0.1, -0.05) is 0 Å². The third-order valence-corrected chi connectivity index (χ3v) is 5.12. The molecule has 10 nitrogen and oxygen atoms in total. The molecule has 162 valence electrons. The first-order valence-electron chi connectivity index (χ1n) is 9.46. The number of nitrogens with zero attached hydrogens (tertiary/aromatic N) is 3. The molecule has 2 aromatic carbocycles. The number of hydrogen-bond donors (Lipinski definition) is 0. The predicted octanol–water partition coefficient (Wildman–Crippen LogP) is 2.34. The summed E-state index contributed by atoms with van der Waals surface area (Å²) in [7, 11) is 2.93. The number of nitro groups is 1. The van der Waals surface area contributed by atoms with Crippen LogP contribution in [0.25, 0.3) is 22.1 Å². The first kappa shape index (κ1) is 20.8. The first-order chi connectivity index (χ1) is 15.2. The molecular weight excluding hydrogens is 418 g/mol. The van der Waals surface area contributed by atoms with Crippen LogP contribution in [0, 0.1) is 10.1 Å². The van der Waals surface area contributed by atoms with Crippen LogP contribution in [-0.2, 0) is 20.7 Å². The van der Waals surface area contributed by atoms with E-state index in [0.29, 0.717) is 28.0 Å². The van der Waals surface area contributed by atoms with Gasteiger partial charge in [-0.15, -0.1) is 0 Å². The smallest absolute Gasteiger partial charge is 0.336 e. The van der Waals surface area contributed by atoms with Crippen molar-refractivity contribution >= 4 is 16.7 Å². The maximum atomic E-state index is 12.1. The molecule has 0 aliphatic heterocycles. The van der Waals surface area contributed by atoms with E-state index in [0.717, 1.165) is 4.57 Å². The molecule has 4 aromatic rings. The van der Waals surface area contributed by atoms with Crippen LogP contribution in [0.15, 0.2) is 73.4 Å². The highest BCUT2D eigenvalue weighted by Gasteiger charge is 2.12. The second-order valence-corrected chi connectivity index (χ2v) is 7.10. The highest BCUT2D eigenvalue weighted by atomic mass is 16.6. The lowest BCUT2D eigenvalue weighted by Gasteiger charge is -2.12. The van der Waals surface area contributed by atoms with Crippen LogP contribution in [0.4, 0.5) is 5.69 Å². The highest BCUT2D eigenvalue weighted by Crippen LogP contribution is 2.30. The van der Waals surface area contributed by atoms with Gasteiger partial charge >= 0.3 is 11.3 Å². The van der Waals surface area contributed by atoms with Gasteiger partial charge in [0.25, 0.3) is 11.2 Å².